The Bertz CT molecular complexity index is 1070. The average molecular weight is 415 g/mol. The fraction of sp³-hybridized carbons (Fsp3) is 0.368. The molecule has 0 spiro atoms. The van der Waals surface area contributed by atoms with Crippen molar-refractivity contribution in [1.82, 2.24) is 25.4 Å². The molecule has 0 aliphatic carbocycles. The smallest absolute Gasteiger partial charge is 0.250 e. The van der Waals surface area contributed by atoms with Gasteiger partial charge in [-0.05, 0) is 53.2 Å². The van der Waals surface area contributed by atoms with Gasteiger partial charge >= 0.3 is 0 Å². The first-order chi connectivity index (χ1) is 13.2. The highest BCUT2D eigenvalue weighted by Crippen LogP contribution is 2.31. The molecule has 3 rings (SSSR count). The van der Waals surface area contributed by atoms with E-state index in [1.54, 1.807) is 11.3 Å². The van der Waals surface area contributed by atoms with Crippen LogP contribution in [-0.2, 0) is 4.79 Å². The Morgan fingerprint density at radius 2 is 1.79 bits per heavy atom. The molecule has 0 bridgehead atoms. The number of aromatic nitrogens is 4. The van der Waals surface area contributed by atoms with Gasteiger partial charge in [0.05, 0.1) is 16.3 Å². The SMILES string of the molecule is CC(=NNC(=O)CSc1nc(C)cc(C)n1)c1sc2nc(C)nc(C)c2c1C. The number of hydrazone groups is 1. The topological polar surface area (TPSA) is 93.0 Å². The van der Waals surface area contributed by atoms with E-state index in [9.17, 15) is 4.79 Å². The van der Waals surface area contributed by atoms with E-state index >= 15 is 0 Å². The third-order valence-electron chi connectivity index (χ3n) is 4.05. The quantitative estimate of drug-likeness (QED) is 0.296. The largest absolute Gasteiger partial charge is 0.272 e. The van der Waals surface area contributed by atoms with E-state index in [1.165, 1.54) is 11.8 Å². The molecule has 0 aromatic carbocycles. The summed E-state index contributed by atoms with van der Waals surface area (Å²) in [4.78, 5) is 31.7. The molecule has 0 atom stereocenters. The Hall–Kier alpha value is -2.39. The summed E-state index contributed by atoms with van der Waals surface area (Å²) in [5.41, 5.74) is 7.20. The number of nitrogens with one attached hydrogen (secondary N) is 1. The highest BCUT2D eigenvalue weighted by atomic mass is 32.2. The fourth-order valence-electron chi connectivity index (χ4n) is 2.94. The van der Waals surface area contributed by atoms with Crippen molar-refractivity contribution in [3.63, 3.8) is 0 Å². The molecular formula is C19H22N6OS2. The molecule has 3 aromatic heterocycles. The van der Waals surface area contributed by atoms with Crippen LogP contribution in [-0.4, -0.2) is 37.3 Å². The van der Waals surface area contributed by atoms with Gasteiger partial charge in [-0.2, -0.15) is 5.10 Å². The molecular weight excluding hydrogens is 392 g/mol. The van der Waals surface area contributed by atoms with E-state index in [0.29, 0.717) is 5.16 Å². The average Bonchev–Trinajstić information content (AvgIpc) is 2.93. The third kappa shape index (κ3) is 4.53. The number of nitrogens with zero attached hydrogens (tertiary/aromatic N) is 5. The summed E-state index contributed by atoms with van der Waals surface area (Å²) >= 11 is 2.86. The molecule has 0 unspecified atom stereocenters. The van der Waals surface area contributed by atoms with Crippen LogP contribution in [0, 0.1) is 34.6 Å². The molecule has 0 fully saturated rings. The van der Waals surface area contributed by atoms with Crippen molar-refractivity contribution in [1.29, 1.82) is 0 Å². The van der Waals surface area contributed by atoms with Crippen LogP contribution in [0.25, 0.3) is 10.2 Å². The molecule has 1 N–H and O–H groups in total. The van der Waals surface area contributed by atoms with Crippen molar-refractivity contribution in [2.24, 2.45) is 5.10 Å². The fourth-order valence-corrected chi connectivity index (χ4v) is 4.90. The van der Waals surface area contributed by atoms with Gasteiger partial charge < -0.3 is 0 Å². The maximum atomic E-state index is 12.2. The Kier molecular flexibility index (Phi) is 6.04. The number of carbonyl (C=O) groups is 1. The number of thiophene rings is 1. The molecule has 1 amide bonds. The van der Waals surface area contributed by atoms with Gasteiger partial charge in [-0.3, -0.25) is 4.79 Å². The highest BCUT2D eigenvalue weighted by molar-refractivity contribution is 7.99. The van der Waals surface area contributed by atoms with Crippen molar-refractivity contribution < 1.29 is 4.79 Å². The number of aryl methyl sites for hydroxylation is 5. The van der Waals surface area contributed by atoms with E-state index in [-0.39, 0.29) is 11.7 Å². The Morgan fingerprint density at radius 1 is 1.11 bits per heavy atom. The highest BCUT2D eigenvalue weighted by Gasteiger charge is 2.15. The van der Waals surface area contributed by atoms with Crippen LogP contribution in [0.15, 0.2) is 16.3 Å². The van der Waals surface area contributed by atoms with Crippen molar-refractivity contribution in [2.45, 2.75) is 46.7 Å². The molecule has 9 heteroatoms. The van der Waals surface area contributed by atoms with Gasteiger partial charge in [-0.1, -0.05) is 11.8 Å². The van der Waals surface area contributed by atoms with Crippen molar-refractivity contribution in [2.75, 3.05) is 5.75 Å². The van der Waals surface area contributed by atoms with Crippen LogP contribution in [0.4, 0.5) is 0 Å². The Labute approximate surface area is 172 Å². The lowest BCUT2D eigenvalue weighted by atomic mass is 10.1. The normalized spacial score (nSPS) is 11.9. The molecule has 3 aromatic rings. The summed E-state index contributed by atoms with van der Waals surface area (Å²) in [6, 6.07) is 1.90. The minimum absolute atomic E-state index is 0.197. The van der Waals surface area contributed by atoms with Crippen LogP contribution in [0.2, 0.25) is 0 Å². The summed E-state index contributed by atoms with van der Waals surface area (Å²) < 4.78 is 0. The van der Waals surface area contributed by atoms with Crippen molar-refractivity contribution >= 4 is 44.9 Å². The predicted molar refractivity (Wildman–Crippen MR) is 114 cm³/mol. The summed E-state index contributed by atoms with van der Waals surface area (Å²) in [6.07, 6.45) is 0. The number of hydrogen-bond acceptors (Lipinski definition) is 8. The number of rotatable bonds is 5. The van der Waals surface area contributed by atoms with Crippen LogP contribution >= 0.6 is 23.1 Å². The minimum Gasteiger partial charge on any atom is -0.272 e. The van der Waals surface area contributed by atoms with Gasteiger partial charge in [0.1, 0.15) is 10.7 Å². The summed E-state index contributed by atoms with van der Waals surface area (Å²) in [5.74, 6) is 0.762. The van der Waals surface area contributed by atoms with Crippen molar-refractivity contribution in [3.05, 3.63) is 39.4 Å². The van der Waals surface area contributed by atoms with Crippen LogP contribution in [0.3, 0.4) is 0 Å². The number of amides is 1. The minimum atomic E-state index is -0.197. The molecule has 146 valence electrons. The van der Waals surface area contributed by atoms with Gasteiger partial charge in [-0.25, -0.2) is 25.4 Å². The Balaban J connectivity index is 1.70. The predicted octanol–water partition coefficient (Wildman–Crippen LogP) is 3.66. The van der Waals surface area contributed by atoms with Crippen LogP contribution < -0.4 is 5.43 Å². The Morgan fingerprint density at radius 3 is 2.46 bits per heavy atom. The zero-order valence-electron chi connectivity index (χ0n) is 16.7. The zero-order chi connectivity index (χ0) is 20.4. The van der Waals surface area contributed by atoms with Gasteiger partial charge in [-0.15, -0.1) is 11.3 Å². The first-order valence-corrected chi connectivity index (χ1v) is 10.6. The van der Waals surface area contributed by atoms with Gasteiger partial charge in [0, 0.05) is 22.5 Å². The second-order valence-electron chi connectivity index (χ2n) is 6.55. The lowest BCUT2D eigenvalue weighted by molar-refractivity contribution is -0.118. The van der Waals surface area contributed by atoms with Gasteiger partial charge in [0.15, 0.2) is 5.16 Å². The maximum Gasteiger partial charge on any atom is 0.250 e. The number of hydrogen-bond donors (Lipinski definition) is 1. The molecule has 0 aliphatic rings. The van der Waals surface area contributed by atoms with Gasteiger partial charge in [0.2, 0.25) is 0 Å². The molecule has 3 heterocycles. The first-order valence-electron chi connectivity index (χ1n) is 8.77. The monoisotopic (exact) mass is 414 g/mol. The van der Waals surface area contributed by atoms with Crippen LogP contribution in [0.1, 0.15) is 40.3 Å². The molecule has 0 aliphatic heterocycles. The van der Waals surface area contributed by atoms with E-state index in [2.05, 4.69) is 30.5 Å². The number of fused-ring (bicyclic) bond motifs is 1. The lowest BCUT2D eigenvalue weighted by Crippen LogP contribution is -2.21. The van der Waals surface area contributed by atoms with Crippen LogP contribution in [0.5, 0.6) is 0 Å². The molecule has 0 saturated heterocycles. The second kappa shape index (κ2) is 8.32. The molecule has 28 heavy (non-hydrogen) atoms. The van der Waals surface area contributed by atoms with E-state index in [1.807, 2.05) is 47.6 Å². The zero-order valence-corrected chi connectivity index (χ0v) is 18.4. The lowest BCUT2D eigenvalue weighted by Gasteiger charge is -2.04. The summed E-state index contributed by atoms with van der Waals surface area (Å²) in [5, 5.41) is 5.93. The van der Waals surface area contributed by atoms with Gasteiger partial charge in [0.25, 0.3) is 5.91 Å². The number of thioether (sulfide) groups is 1. The number of carbonyl (C=O) groups excluding carboxylic acids is 1. The standard InChI is InChI=1S/C19H22N6OS2/c1-9-7-10(2)21-19(20-9)27-8-15(26)25-24-13(5)17-11(3)16-12(4)22-14(6)23-18(16)28-17/h7H,8H2,1-6H3,(H,25,26). The maximum absolute atomic E-state index is 12.2. The summed E-state index contributed by atoms with van der Waals surface area (Å²) in [6.45, 7) is 11.6. The molecule has 0 radical (unpaired) electrons. The third-order valence-corrected chi connectivity index (χ3v) is 6.20. The van der Waals surface area contributed by atoms with E-state index in [0.717, 1.165) is 49.3 Å². The van der Waals surface area contributed by atoms with E-state index in [4.69, 9.17) is 0 Å². The molecule has 7 nitrogen and oxygen atoms in total. The second-order valence-corrected chi connectivity index (χ2v) is 8.49. The summed E-state index contributed by atoms with van der Waals surface area (Å²) in [7, 11) is 0. The first kappa shape index (κ1) is 20.3. The van der Waals surface area contributed by atoms with Crippen molar-refractivity contribution in [3.8, 4) is 0 Å². The molecule has 0 saturated carbocycles. The van der Waals surface area contributed by atoms with E-state index < -0.39 is 0 Å².